The Hall–Kier alpha value is -0.590. The smallest absolute Gasteiger partial charge is 0.212 e. The standard InChI is InChI=1S/C26H47O2P/c1-22(2)16-11-7-5-9-13-18-24-19-15-21-26(28-29-27)25(24)20-14-10-6-8-12-17-23(3)4/h15,19,21-23,27,29H,5-14,16-18,20H2,1-4H3. The molecule has 168 valence electrons. The van der Waals surface area contributed by atoms with Crippen molar-refractivity contribution in [3.63, 3.8) is 0 Å². The number of rotatable bonds is 18. The largest absolute Gasteiger partial charge is 0.450 e. The summed E-state index contributed by atoms with van der Waals surface area (Å²) in [5.41, 5.74) is 2.78. The van der Waals surface area contributed by atoms with Crippen molar-refractivity contribution in [2.75, 3.05) is 0 Å². The minimum absolute atomic E-state index is 0.470. The number of unbranched alkanes of at least 4 members (excludes halogenated alkanes) is 8. The molecular formula is C26H47O2P. The number of benzene rings is 1. The molecule has 0 aliphatic carbocycles. The van der Waals surface area contributed by atoms with Crippen LogP contribution < -0.4 is 4.52 Å². The highest BCUT2D eigenvalue weighted by molar-refractivity contribution is 7.25. The summed E-state index contributed by atoms with van der Waals surface area (Å²) in [5.74, 6) is 2.57. The SMILES string of the molecule is CC(C)CCCCCCCc1cccc(OPO)c1CCCCCCCC(C)C. The molecule has 29 heavy (non-hydrogen) atoms. The van der Waals surface area contributed by atoms with Crippen LogP contribution in [-0.2, 0) is 12.8 Å². The van der Waals surface area contributed by atoms with E-state index < -0.39 is 9.03 Å². The monoisotopic (exact) mass is 422 g/mol. The molecular weight excluding hydrogens is 375 g/mol. The fourth-order valence-corrected chi connectivity index (χ4v) is 4.35. The van der Waals surface area contributed by atoms with Crippen LogP contribution in [0.1, 0.15) is 116 Å². The van der Waals surface area contributed by atoms with Gasteiger partial charge in [0.05, 0.1) is 0 Å². The van der Waals surface area contributed by atoms with E-state index in [4.69, 9.17) is 4.52 Å². The van der Waals surface area contributed by atoms with Crippen LogP contribution in [0.15, 0.2) is 18.2 Å². The molecule has 3 heteroatoms. The summed E-state index contributed by atoms with van der Waals surface area (Å²) in [6, 6.07) is 6.38. The van der Waals surface area contributed by atoms with Crippen LogP contribution in [0.2, 0.25) is 0 Å². The van der Waals surface area contributed by atoms with Crippen molar-refractivity contribution in [1.82, 2.24) is 0 Å². The molecule has 0 fully saturated rings. The second-order valence-corrected chi connectivity index (χ2v) is 9.87. The Balaban J connectivity index is 2.40. The molecule has 0 aromatic heterocycles. The summed E-state index contributed by atoms with van der Waals surface area (Å²) < 4.78 is 5.56. The van der Waals surface area contributed by atoms with E-state index in [1.54, 1.807) is 0 Å². The highest BCUT2D eigenvalue weighted by Crippen LogP contribution is 2.29. The molecule has 0 aliphatic heterocycles. The lowest BCUT2D eigenvalue weighted by Gasteiger charge is -2.15. The molecule has 0 bridgehead atoms. The Labute approximate surface area is 183 Å². The van der Waals surface area contributed by atoms with Gasteiger partial charge in [0.25, 0.3) is 0 Å². The first-order valence-corrected chi connectivity index (χ1v) is 13.1. The molecule has 1 aromatic rings. The van der Waals surface area contributed by atoms with Gasteiger partial charge in [0, 0.05) is 0 Å². The van der Waals surface area contributed by atoms with Crippen molar-refractivity contribution in [3.8, 4) is 5.75 Å². The summed E-state index contributed by atoms with van der Waals surface area (Å²) in [4.78, 5) is 9.29. The van der Waals surface area contributed by atoms with E-state index >= 15 is 0 Å². The highest BCUT2D eigenvalue weighted by atomic mass is 31.1. The van der Waals surface area contributed by atoms with E-state index in [-0.39, 0.29) is 0 Å². The topological polar surface area (TPSA) is 29.5 Å². The first kappa shape index (κ1) is 26.4. The molecule has 0 aliphatic rings. The van der Waals surface area contributed by atoms with Gasteiger partial charge in [-0.2, -0.15) is 0 Å². The average Bonchev–Trinajstić information content (AvgIpc) is 2.67. The van der Waals surface area contributed by atoms with Crippen molar-refractivity contribution < 1.29 is 9.42 Å². The molecule has 1 N–H and O–H groups in total. The fraction of sp³-hybridized carbons (Fsp3) is 0.769. The maximum atomic E-state index is 9.29. The van der Waals surface area contributed by atoms with Crippen LogP contribution >= 0.6 is 9.03 Å². The third-order valence-corrected chi connectivity index (χ3v) is 6.13. The second kappa shape index (κ2) is 17.1. The molecule has 0 heterocycles. The molecule has 2 nitrogen and oxygen atoms in total. The van der Waals surface area contributed by atoms with Crippen molar-refractivity contribution in [2.45, 2.75) is 118 Å². The maximum absolute atomic E-state index is 9.29. The number of hydrogen-bond donors (Lipinski definition) is 1. The zero-order valence-electron chi connectivity index (χ0n) is 19.6. The van der Waals surface area contributed by atoms with Gasteiger partial charge in [0.1, 0.15) is 5.75 Å². The lowest BCUT2D eigenvalue weighted by molar-refractivity contribution is 0.502. The van der Waals surface area contributed by atoms with Crippen molar-refractivity contribution in [3.05, 3.63) is 29.3 Å². The van der Waals surface area contributed by atoms with E-state index in [0.717, 1.165) is 30.4 Å². The van der Waals surface area contributed by atoms with Crippen molar-refractivity contribution in [2.24, 2.45) is 11.8 Å². The summed E-state index contributed by atoms with van der Waals surface area (Å²) in [6.45, 7) is 9.25. The second-order valence-electron chi connectivity index (χ2n) is 9.49. The van der Waals surface area contributed by atoms with Crippen LogP contribution in [0.25, 0.3) is 0 Å². The number of aryl methyl sites for hydroxylation is 1. The Morgan fingerprint density at radius 2 is 1.24 bits per heavy atom. The molecule has 1 unspecified atom stereocenters. The van der Waals surface area contributed by atoms with Crippen LogP contribution in [0.5, 0.6) is 5.75 Å². The molecule has 0 spiro atoms. The van der Waals surface area contributed by atoms with Gasteiger partial charge in [-0.3, -0.25) is 0 Å². The predicted octanol–water partition coefficient (Wildman–Crippen LogP) is 8.64. The number of hydrogen-bond acceptors (Lipinski definition) is 2. The van der Waals surface area contributed by atoms with Crippen LogP contribution in [0.3, 0.4) is 0 Å². The lowest BCUT2D eigenvalue weighted by Crippen LogP contribution is -1.99. The molecule has 1 aromatic carbocycles. The maximum Gasteiger partial charge on any atom is 0.212 e. The van der Waals surface area contributed by atoms with E-state index in [1.807, 2.05) is 6.07 Å². The molecule has 0 amide bonds. The van der Waals surface area contributed by atoms with Gasteiger partial charge in [-0.1, -0.05) is 104 Å². The first-order valence-electron chi connectivity index (χ1n) is 12.2. The highest BCUT2D eigenvalue weighted by Gasteiger charge is 2.10. The normalized spacial score (nSPS) is 12.0. The van der Waals surface area contributed by atoms with Gasteiger partial charge in [0.2, 0.25) is 9.03 Å². The molecule has 1 rings (SSSR count). The molecule has 0 saturated carbocycles. The minimum atomic E-state index is -0.470. The van der Waals surface area contributed by atoms with Crippen molar-refractivity contribution in [1.29, 1.82) is 0 Å². The van der Waals surface area contributed by atoms with E-state index in [9.17, 15) is 4.89 Å². The minimum Gasteiger partial charge on any atom is -0.450 e. The zero-order chi connectivity index (χ0) is 21.3. The molecule has 0 radical (unpaired) electrons. The molecule has 1 atom stereocenters. The first-order chi connectivity index (χ1) is 14.0. The van der Waals surface area contributed by atoms with E-state index in [2.05, 4.69) is 39.8 Å². The Morgan fingerprint density at radius 3 is 1.79 bits per heavy atom. The van der Waals surface area contributed by atoms with Gasteiger partial charge in [-0.25, -0.2) is 0 Å². The summed E-state index contributed by atoms with van der Waals surface area (Å²) in [5, 5.41) is 0. The van der Waals surface area contributed by atoms with E-state index in [0.29, 0.717) is 0 Å². The Morgan fingerprint density at radius 1 is 0.724 bits per heavy atom. The van der Waals surface area contributed by atoms with Crippen molar-refractivity contribution >= 4 is 9.03 Å². The summed E-state index contributed by atoms with van der Waals surface area (Å²) in [7, 11) is -0.470. The third-order valence-electron chi connectivity index (χ3n) is 5.82. The Kier molecular flexibility index (Phi) is 15.6. The summed E-state index contributed by atoms with van der Waals surface area (Å²) in [6.07, 6.45) is 18.2. The van der Waals surface area contributed by atoms with Gasteiger partial charge in [0.15, 0.2) is 0 Å². The quantitative estimate of drug-likeness (QED) is 0.189. The van der Waals surface area contributed by atoms with Gasteiger partial charge < -0.3 is 9.42 Å². The van der Waals surface area contributed by atoms with E-state index in [1.165, 1.54) is 88.2 Å². The third kappa shape index (κ3) is 13.3. The molecule has 0 saturated heterocycles. The zero-order valence-corrected chi connectivity index (χ0v) is 20.6. The van der Waals surface area contributed by atoms with Gasteiger partial charge in [-0.15, -0.1) is 0 Å². The van der Waals surface area contributed by atoms with Crippen LogP contribution in [-0.4, -0.2) is 4.89 Å². The van der Waals surface area contributed by atoms with Gasteiger partial charge >= 0.3 is 0 Å². The van der Waals surface area contributed by atoms with Crippen LogP contribution in [0, 0.1) is 11.8 Å². The van der Waals surface area contributed by atoms with Crippen LogP contribution in [0.4, 0.5) is 0 Å². The average molecular weight is 423 g/mol. The Bertz CT molecular complexity index is 513. The lowest BCUT2D eigenvalue weighted by atomic mass is 9.95. The predicted molar refractivity (Wildman–Crippen MR) is 130 cm³/mol. The fourth-order valence-electron chi connectivity index (χ4n) is 4.06. The summed E-state index contributed by atoms with van der Waals surface area (Å²) >= 11 is 0. The van der Waals surface area contributed by atoms with Gasteiger partial charge in [-0.05, 0) is 54.7 Å².